The van der Waals surface area contributed by atoms with Gasteiger partial charge in [-0.05, 0) is 31.2 Å². The number of anilines is 1. The summed E-state index contributed by atoms with van der Waals surface area (Å²) >= 11 is 7.59. The molecule has 0 unspecified atom stereocenters. The number of piperazine rings is 1. The smallest absolute Gasteiger partial charge is 0.348 e. The predicted octanol–water partition coefficient (Wildman–Crippen LogP) is 3.22. The average molecular weight is 379 g/mol. The number of halogens is 1. The average Bonchev–Trinajstić information content (AvgIpc) is 3.06. The van der Waals surface area contributed by atoms with Gasteiger partial charge in [0.05, 0.1) is 10.7 Å². The van der Waals surface area contributed by atoms with Crippen molar-refractivity contribution in [1.29, 1.82) is 0 Å². The highest BCUT2D eigenvalue weighted by Gasteiger charge is 2.23. The second kappa shape index (κ2) is 7.89. The van der Waals surface area contributed by atoms with Crippen LogP contribution in [0.15, 0.2) is 36.4 Å². The number of para-hydroxylation sites is 1. The lowest BCUT2D eigenvalue weighted by Gasteiger charge is -2.36. The van der Waals surface area contributed by atoms with Crippen LogP contribution in [0.3, 0.4) is 0 Å². The van der Waals surface area contributed by atoms with Gasteiger partial charge in [-0.25, -0.2) is 4.79 Å². The van der Waals surface area contributed by atoms with Gasteiger partial charge in [0, 0.05) is 31.1 Å². The van der Waals surface area contributed by atoms with Crippen LogP contribution in [-0.4, -0.2) is 49.6 Å². The van der Waals surface area contributed by atoms with Gasteiger partial charge in [0.2, 0.25) is 0 Å². The van der Waals surface area contributed by atoms with Crippen LogP contribution >= 0.6 is 22.9 Å². The number of hydrogen-bond donors (Lipinski definition) is 0. The summed E-state index contributed by atoms with van der Waals surface area (Å²) in [5.74, 6) is -0.610. The van der Waals surface area contributed by atoms with E-state index in [2.05, 4.69) is 4.90 Å². The van der Waals surface area contributed by atoms with Crippen LogP contribution in [0.4, 0.5) is 5.69 Å². The number of rotatable bonds is 4. The van der Waals surface area contributed by atoms with Gasteiger partial charge >= 0.3 is 5.97 Å². The topological polar surface area (TPSA) is 49.9 Å². The molecule has 0 N–H and O–H groups in total. The van der Waals surface area contributed by atoms with Crippen LogP contribution in [0.5, 0.6) is 0 Å². The third-order valence-electron chi connectivity index (χ3n) is 4.09. The number of carbonyl (C=O) groups is 2. The normalized spacial score (nSPS) is 14.5. The predicted molar refractivity (Wildman–Crippen MR) is 99.6 cm³/mol. The minimum atomic E-state index is -0.443. The van der Waals surface area contributed by atoms with E-state index in [-0.39, 0.29) is 12.5 Å². The summed E-state index contributed by atoms with van der Waals surface area (Å²) in [5.41, 5.74) is 0.982. The van der Waals surface area contributed by atoms with Gasteiger partial charge in [-0.2, -0.15) is 0 Å². The highest BCUT2D eigenvalue weighted by atomic mass is 35.5. The lowest BCUT2D eigenvalue weighted by molar-refractivity contribution is -0.134. The van der Waals surface area contributed by atoms with E-state index >= 15 is 0 Å². The Balaban J connectivity index is 1.48. The molecule has 7 heteroatoms. The summed E-state index contributed by atoms with van der Waals surface area (Å²) in [6, 6.07) is 11.3. The molecule has 1 aromatic carbocycles. The Morgan fingerprint density at radius 1 is 1.12 bits per heavy atom. The zero-order valence-corrected chi connectivity index (χ0v) is 15.5. The van der Waals surface area contributed by atoms with Crippen molar-refractivity contribution in [2.24, 2.45) is 0 Å². The van der Waals surface area contributed by atoms with Gasteiger partial charge in [0.1, 0.15) is 4.88 Å². The highest BCUT2D eigenvalue weighted by molar-refractivity contribution is 7.13. The Kier molecular flexibility index (Phi) is 5.60. The van der Waals surface area contributed by atoms with Crippen LogP contribution in [0.2, 0.25) is 5.02 Å². The SMILES string of the molecule is Cc1ccc(C(=O)OCC(=O)N2CCN(c3ccccc3Cl)CC2)s1. The molecule has 1 fully saturated rings. The highest BCUT2D eigenvalue weighted by Crippen LogP contribution is 2.26. The molecule has 1 aromatic heterocycles. The van der Waals surface area contributed by atoms with Gasteiger partial charge in [-0.15, -0.1) is 11.3 Å². The molecule has 0 bridgehead atoms. The molecular formula is C18H19ClN2O3S. The summed E-state index contributed by atoms with van der Waals surface area (Å²) < 4.78 is 5.13. The minimum Gasteiger partial charge on any atom is -0.451 e. The Morgan fingerprint density at radius 2 is 1.84 bits per heavy atom. The molecule has 2 heterocycles. The lowest BCUT2D eigenvalue weighted by Crippen LogP contribution is -2.50. The van der Waals surface area contributed by atoms with Gasteiger partial charge in [-0.1, -0.05) is 23.7 Å². The Hall–Kier alpha value is -2.05. The Labute approximate surface area is 155 Å². The second-order valence-corrected chi connectivity index (χ2v) is 7.50. The van der Waals surface area contributed by atoms with Crippen molar-refractivity contribution in [2.75, 3.05) is 37.7 Å². The first-order chi connectivity index (χ1) is 12.0. The van der Waals surface area contributed by atoms with Crippen molar-refractivity contribution in [2.45, 2.75) is 6.92 Å². The third-order valence-corrected chi connectivity index (χ3v) is 5.39. The maximum absolute atomic E-state index is 12.3. The summed E-state index contributed by atoms with van der Waals surface area (Å²) in [4.78, 5) is 29.6. The first-order valence-corrected chi connectivity index (χ1v) is 9.25. The van der Waals surface area contributed by atoms with Crippen molar-refractivity contribution in [3.8, 4) is 0 Å². The molecule has 0 spiro atoms. The number of esters is 1. The van der Waals surface area contributed by atoms with E-state index in [1.165, 1.54) is 11.3 Å². The van der Waals surface area contributed by atoms with Crippen LogP contribution in [0.1, 0.15) is 14.5 Å². The first kappa shape index (κ1) is 17.8. The number of carbonyl (C=O) groups excluding carboxylic acids is 2. The van der Waals surface area contributed by atoms with Crippen molar-refractivity contribution >= 4 is 40.5 Å². The molecule has 1 aliphatic rings. The second-order valence-electron chi connectivity index (χ2n) is 5.81. The van der Waals surface area contributed by atoms with Crippen molar-refractivity contribution < 1.29 is 14.3 Å². The molecule has 5 nitrogen and oxygen atoms in total. The molecule has 0 saturated carbocycles. The van der Waals surface area contributed by atoms with Gasteiger partial charge in [0.25, 0.3) is 5.91 Å². The number of thiophene rings is 1. The summed E-state index contributed by atoms with van der Waals surface area (Å²) in [6.07, 6.45) is 0. The molecule has 1 saturated heterocycles. The molecule has 0 radical (unpaired) electrons. The number of nitrogens with zero attached hydrogens (tertiary/aromatic N) is 2. The summed E-state index contributed by atoms with van der Waals surface area (Å²) in [5, 5.41) is 0.711. The maximum atomic E-state index is 12.3. The molecule has 3 rings (SSSR count). The van der Waals surface area contributed by atoms with E-state index in [1.807, 2.05) is 37.3 Å². The van der Waals surface area contributed by atoms with Crippen LogP contribution in [0.25, 0.3) is 0 Å². The lowest BCUT2D eigenvalue weighted by atomic mass is 10.2. The van der Waals surface area contributed by atoms with E-state index in [4.69, 9.17) is 16.3 Å². The Morgan fingerprint density at radius 3 is 2.48 bits per heavy atom. The van der Waals surface area contributed by atoms with E-state index < -0.39 is 5.97 Å². The summed E-state index contributed by atoms with van der Waals surface area (Å²) in [6.45, 7) is 4.27. The van der Waals surface area contributed by atoms with E-state index in [0.29, 0.717) is 36.1 Å². The largest absolute Gasteiger partial charge is 0.451 e. The summed E-state index contributed by atoms with van der Waals surface area (Å²) in [7, 11) is 0. The standard InChI is InChI=1S/C18H19ClN2O3S/c1-13-6-7-16(25-13)18(23)24-12-17(22)21-10-8-20(9-11-21)15-5-3-2-4-14(15)19/h2-7H,8-12H2,1H3. The first-order valence-electron chi connectivity index (χ1n) is 8.05. The minimum absolute atomic E-state index is 0.166. The number of hydrogen-bond acceptors (Lipinski definition) is 5. The van der Waals surface area contributed by atoms with Gasteiger partial charge < -0.3 is 14.5 Å². The molecule has 1 aliphatic heterocycles. The molecular weight excluding hydrogens is 360 g/mol. The zero-order valence-electron chi connectivity index (χ0n) is 13.9. The molecule has 0 atom stereocenters. The van der Waals surface area contributed by atoms with E-state index in [9.17, 15) is 9.59 Å². The fourth-order valence-electron chi connectivity index (χ4n) is 2.74. The van der Waals surface area contributed by atoms with Gasteiger partial charge in [-0.3, -0.25) is 4.79 Å². The molecule has 132 valence electrons. The third kappa shape index (κ3) is 4.32. The molecule has 0 aliphatic carbocycles. The quantitative estimate of drug-likeness (QED) is 0.766. The fourth-order valence-corrected chi connectivity index (χ4v) is 3.76. The zero-order chi connectivity index (χ0) is 17.8. The van der Waals surface area contributed by atoms with Crippen LogP contribution in [0, 0.1) is 6.92 Å². The van der Waals surface area contributed by atoms with Crippen molar-refractivity contribution in [3.05, 3.63) is 51.2 Å². The van der Waals surface area contributed by atoms with E-state index in [1.54, 1.807) is 11.0 Å². The van der Waals surface area contributed by atoms with Crippen molar-refractivity contribution in [1.82, 2.24) is 4.90 Å². The Bertz CT molecular complexity index is 769. The molecule has 25 heavy (non-hydrogen) atoms. The van der Waals surface area contributed by atoms with E-state index in [0.717, 1.165) is 10.6 Å². The van der Waals surface area contributed by atoms with Gasteiger partial charge in [0.15, 0.2) is 6.61 Å². The van der Waals surface area contributed by atoms with Crippen LogP contribution in [-0.2, 0) is 9.53 Å². The maximum Gasteiger partial charge on any atom is 0.348 e. The molecule has 1 amide bonds. The monoisotopic (exact) mass is 378 g/mol. The van der Waals surface area contributed by atoms with Crippen LogP contribution < -0.4 is 4.90 Å². The number of amides is 1. The number of aryl methyl sites for hydroxylation is 1. The number of benzene rings is 1. The molecule has 2 aromatic rings. The van der Waals surface area contributed by atoms with Crippen molar-refractivity contribution in [3.63, 3.8) is 0 Å². The number of ether oxygens (including phenoxy) is 1. The fraction of sp³-hybridized carbons (Fsp3) is 0.333.